The molecule has 0 aliphatic carbocycles. The third kappa shape index (κ3) is 4.13. The molecule has 2 aromatic rings. The average molecular weight is 441 g/mol. The second-order valence-corrected chi connectivity index (χ2v) is 6.91. The van der Waals surface area contributed by atoms with E-state index in [0.29, 0.717) is 0 Å². The monoisotopic (exact) mass is 441 g/mol. The first-order chi connectivity index (χ1) is 15.1. The summed E-state index contributed by atoms with van der Waals surface area (Å²) in [5.41, 5.74) is 0.106. The molecule has 0 saturated carbocycles. The van der Waals surface area contributed by atoms with Crippen LogP contribution in [0.2, 0.25) is 0 Å². The molecule has 3 rings (SSSR count). The summed E-state index contributed by atoms with van der Waals surface area (Å²) in [6.07, 6.45) is -1.33. The van der Waals surface area contributed by atoms with Crippen molar-refractivity contribution in [3.8, 4) is 5.75 Å². The Morgan fingerprint density at radius 1 is 1.06 bits per heavy atom. The fraction of sp³-hybridized carbons (Fsp3) is 0.238. The largest absolute Gasteiger partial charge is 0.495 e. The predicted octanol–water partition coefficient (Wildman–Crippen LogP) is 2.16. The van der Waals surface area contributed by atoms with Gasteiger partial charge in [0.15, 0.2) is 6.10 Å². The van der Waals surface area contributed by atoms with Crippen molar-refractivity contribution in [1.29, 1.82) is 0 Å². The van der Waals surface area contributed by atoms with Crippen LogP contribution in [0.3, 0.4) is 0 Å². The van der Waals surface area contributed by atoms with Crippen LogP contribution in [0.1, 0.15) is 34.6 Å². The Balaban J connectivity index is 1.69. The molecule has 0 fully saturated rings. The minimum Gasteiger partial charge on any atom is -0.495 e. The van der Waals surface area contributed by atoms with Crippen LogP contribution in [0.5, 0.6) is 5.75 Å². The number of non-ortho nitro benzene ring substituents is 1. The number of amides is 3. The number of benzene rings is 2. The van der Waals surface area contributed by atoms with E-state index in [2.05, 4.69) is 5.32 Å². The molecular formula is C21H19N3O8. The van der Waals surface area contributed by atoms with Gasteiger partial charge in [-0.1, -0.05) is 12.1 Å². The predicted molar refractivity (Wildman–Crippen MR) is 110 cm³/mol. The van der Waals surface area contributed by atoms with E-state index < -0.39 is 40.8 Å². The molecule has 11 nitrogen and oxygen atoms in total. The van der Waals surface area contributed by atoms with Crippen molar-refractivity contribution < 1.29 is 33.6 Å². The molecule has 0 saturated heterocycles. The topological polar surface area (TPSA) is 145 Å². The fourth-order valence-electron chi connectivity index (χ4n) is 3.13. The first kappa shape index (κ1) is 22.4. The van der Waals surface area contributed by atoms with E-state index in [-0.39, 0.29) is 28.3 Å². The molecule has 3 amide bonds. The lowest BCUT2D eigenvalue weighted by molar-refractivity contribution is -0.384. The molecule has 2 atom stereocenters. The molecule has 2 aromatic carbocycles. The number of fused-ring (bicyclic) bond motifs is 1. The number of hydrogen-bond donors (Lipinski definition) is 1. The number of imide groups is 1. The number of anilines is 1. The van der Waals surface area contributed by atoms with Gasteiger partial charge in [-0.05, 0) is 32.0 Å². The molecule has 32 heavy (non-hydrogen) atoms. The van der Waals surface area contributed by atoms with E-state index in [1.54, 1.807) is 12.1 Å². The molecule has 2 unspecified atom stereocenters. The smallest absolute Gasteiger partial charge is 0.329 e. The molecule has 0 bridgehead atoms. The molecule has 0 aromatic heterocycles. The number of nitrogens with one attached hydrogen (secondary N) is 1. The Hall–Kier alpha value is -4.28. The van der Waals surface area contributed by atoms with E-state index in [1.165, 1.54) is 45.2 Å². The van der Waals surface area contributed by atoms with Crippen molar-refractivity contribution in [2.45, 2.75) is 26.0 Å². The van der Waals surface area contributed by atoms with Crippen LogP contribution in [0.4, 0.5) is 11.4 Å². The van der Waals surface area contributed by atoms with Crippen molar-refractivity contribution in [2.24, 2.45) is 0 Å². The molecule has 1 aliphatic rings. The second-order valence-electron chi connectivity index (χ2n) is 6.91. The highest BCUT2D eigenvalue weighted by Crippen LogP contribution is 2.29. The number of nitro benzene ring substituents is 1. The van der Waals surface area contributed by atoms with Gasteiger partial charge in [0.1, 0.15) is 11.8 Å². The van der Waals surface area contributed by atoms with Gasteiger partial charge < -0.3 is 14.8 Å². The summed E-state index contributed by atoms with van der Waals surface area (Å²) in [4.78, 5) is 61.2. The summed E-state index contributed by atoms with van der Waals surface area (Å²) in [5, 5.41) is 13.4. The maximum Gasteiger partial charge on any atom is 0.329 e. The first-order valence-corrected chi connectivity index (χ1v) is 9.46. The zero-order valence-corrected chi connectivity index (χ0v) is 17.4. The van der Waals surface area contributed by atoms with Gasteiger partial charge >= 0.3 is 5.97 Å². The van der Waals surface area contributed by atoms with Crippen molar-refractivity contribution in [3.63, 3.8) is 0 Å². The quantitative estimate of drug-likeness (QED) is 0.298. The van der Waals surface area contributed by atoms with Crippen LogP contribution >= 0.6 is 0 Å². The average Bonchev–Trinajstić information content (AvgIpc) is 3.03. The maximum absolute atomic E-state index is 12.5. The number of carbonyl (C=O) groups excluding carboxylic acids is 4. The minimum atomic E-state index is -1.33. The molecule has 0 radical (unpaired) electrons. The SMILES string of the molecule is COc1ccc([N+](=O)[O-])cc1NC(=O)C(C)OC(=O)C(C)N1C(=O)c2ccccc2C1=O. The van der Waals surface area contributed by atoms with Gasteiger partial charge in [-0.3, -0.25) is 29.4 Å². The number of carbonyl (C=O) groups is 4. The number of hydrogen-bond acceptors (Lipinski definition) is 8. The first-order valence-electron chi connectivity index (χ1n) is 9.46. The van der Waals surface area contributed by atoms with Crippen molar-refractivity contribution in [1.82, 2.24) is 4.90 Å². The van der Waals surface area contributed by atoms with Gasteiger partial charge in [-0.15, -0.1) is 0 Å². The summed E-state index contributed by atoms with van der Waals surface area (Å²) in [5.74, 6) is -2.84. The number of nitro groups is 1. The van der Waals surface area contributed by atoms with Gasteiger partial charge in [-0.25, -0.2) is 4.79 Å². The maximum atomic E-state index is 12.5. The Bertz CT molecular complexity index is 1090. The summed E-state index contributed by atoms with van der Waals surface area (Å²) >= 11 is 0. The Morgan fingerprint density at radius 3 is 2.19 bits per heavy atom. The highest BCUT2D eigenvalue weighted by atomic mass is 16.6. The van der Waals surface area contributed by atoms with Gasteiger partial charge in [-0.2, -0.15) is 0 Å². The zero-order chi connectivity index (χ0) is 23.6. The fourth-order valence-corrected chi connectivity index (χ4v) is 3.13. The lowest BCUT2D eigenvalue weighted by atomic mass is 10.1. The molecule has 11 heteroatoms. The summed E-state index contributed by atoms with van der Waals surface area (Å²) in [6, 6.07) is 8.52. The summed E-state index contributed by atoms with van der Waals surface area (Å²) in [6.45, 7) is 2.60. The number of nitrogens with zero attached hydrogens (tertiary/aromatic N) is 2. The Labute approximate surface area is 182 Å². The highest BCUT2D eigenvalue weighted by molar-refractivity contribution is 6.22. The lowest BCUT2D eigenvalue weighted by Gasteiger charge is -2.23. The molecule has 1 aliphatic heterocycles. The van der Waals surface area contributed by atoms with Crippen LogP contribution in [0.15, 0.2) is 42.5 Å². The molecule has 0 spiro atoms. The summed E-state index contributed by atoms with van der Waals surface area (Å²) in [7, 11) is 1.32. The third-order valence-corrected chi connectivity index (χ3v) is 4.87. The van der Waals surface area contributed by atoms with Crippen LogP contribution in [-0.4, -0.2) is 52.8 Å². The summed E-state index contributed by atoms with van der Waals surface area (Å²) < 4.78 is 10.2. The third-order valence-electron chi connectivity index (χ3n) is 4.87. The van der Waals surface area contributed by atoms with Crippen LogP contribution in [0, 0.1) is 10.1 Å². The van der Waals surface area contributed by atoms with E-state index in [1.807, 2.05) is 0 Å². The van der Waals surface area contributed by atoms with Crippen LogP contribution in [-0.2, 0) is 14.3 Å². The van der Waals surface area contributed by atoms with Crippen molar-refractivity contribution in [3.05, 3.63) is 63.7 Å². The van der Waals surface area contributed by atoms with Gasteiger partial charge in [0.2, 0.25) is 0 Å². The Morgan fingerprint density at radius 2 is 1.66 bits per heavy atom. The normalized spacial score (nSPS) is 14.4. The molecule has 1 N–H and O–H groups in total. The van der Waals surface area contributed by atoms with E-state index in [4.69, 9.17) is 9.47 Å². The molecule has 1 heterocycles. The van der Waals surface area contributed by atoms with Crippen molar-refractivity contribution in [2.75, 3.05) is 12.4 Å². The lowest BCUT2D eigenvalue weighted by Crippen LogP contribution is -2.45. The number of methoxy groups -OCH3 is 1. The van der Waals surface area contributed by atoms with E-state index >= 15 is 0 Å². The van der Waals surface area contributed by atoms with Gasteiger partial charge in [0.25, 0.3) is 23.4 Å². The van der Waals surface area contributed by atoms with Crippen LogP contribution < -0.4 is 10.1 Å². The number of ether oxygens (including phenoxy) is 2. The zero-order valence-electron chi connectivity index (χ0n) is 17.4. The van der Waals surface area contributed by atoms with Gasteiger partial charge in [0.05, 0.1) is 28.8 Å². The standard InChI is InChI=1S/C21H19N3O8/c1-11(23-19(26)14-6-4-5-7-15(14)20(23)27)21(28)32-12(2)18(25)22-16-10-13(24(29)30)8-9-17(16)31-3/h4-12H,1-3H3,(H,22,25). The van der Waals surface area contributed by atoms with Crippen molar-refractivity contribution >= 4 is 35.1 Å². The second kappa shape index (κ2) is 8.84. The van der Waals surface area contributed by atoms with Crippen LogP contribution in [0.25, 0.3) is 0 Å². The Kier molecular flexibility index (Phi) is 6.19. The van der Waals surface area contributed by atoms with E-state index in [9.17, 15) is 29.3 Å². The number of rotatable bonds is 7. The molecule has 166 valence electrons. The minimum absolute atomic E-state index is 0.0167. The highest BCUT2D eigenvalue weighted by Gasteiger charge is 2.41. The van der Waals surface area contributed by atoms with E-state index in [0.717, 1.165) is 11.0 Å². The number of esters is 1. The molecular weight excluding hydrogens is 422 g/mol. The van der Waals surface area contributed by atoms with Gasteiger partial charge in [0, 0.05) is 12.1 Å².